The van der Waals surface area contributed by atoms with Crippen molar-refractivity contribution in [3.05, 3.63) is 0 Å². The van der Waals surface area contributed by atoms with Gasteiger partial charge in [0.2, 0.25) is 5.67 Å². The van der Waals surface area contributed by atoms with Crippen LogP contribution in [-0.4, -0.2) is 136 Å². The van der Waals surface area contributed by atoms with Crippen molar-refractivity contribution >= 4 is 66.2 Å². The summed E-state index contributed by atoms with van der Waals surface area (Å²) in [5.41, 5.74) is -4.74. The van der Waals surface area contributed by atoms with E-state index in [1.165, 1.54) is 13.8 Å². The summed E-state index contributed by atoms with van der Waals surface area (Å²) in [6, 6.07) is 0. The number of halogens is 1. The van der Waals surface area contributed by atoms with E-state index in [2.05, 4.69) is 14.2 Å². The number of esters is 6. The zero-order valence-electron chi connectivity index (χ0n) is 39.1. The molecule has 0 aliphatic heterocycles. The Bertz CT molecular complexity index is 1840. The monoisotopic (exact) mass is 987 g/mol. The van der Waals surface area contributed by atoms with Gasteiger partial charge in [-0.1, -0.05) is 34.6 Å². The average Bonchev–Trinajstić information content (AvgIpc) is 3.14. The first kappa shape index (κ1) is 64.8. The van der Waals surface area contributed by atoms with E-state index >= 15 is 0 Å². The van der Waals surface area contributed by atoms with E-state index in [0.29, 0.717) is 25.7 Å². The molecule has 0 bridgehead atoms. The lowest BCUT2D eigenvalue weighted by atomic mass is 9.90. The van der Waals surface area contributed by atoms with Crippen molar-refractivity contribution in [1.82, 2.24) is 0 Å². The summed E-state index contributed by atoms with van der Waals surface area (Å²) >= 11 is 0. The van der Waals surface area contributed by atoms with Crippen LogP contribution in [0.15, 0.2) is 0 Å². The van der Waals surface area contributed by atoms with Gasteiger partial charge < -0.3 is 42.1 Å². The van der Waals surface area contributed by atoms with Crippen LogP contribution >= 0.6 is 0 Å². The summed E-state index contributed by atoms with van der Waals surface area (Å²) in [5, 5.41) is 0. The van der Waals surface area contributed by atoms with Crippen molar-refractivity contribution in [2.24, 2.45) is 16.2 Å². The van der Waals surface area contributed by atoms with Crippen molar-refractivity contribution in [2.75, 3.05) is 37.1 Å². The van der Waals surface area contributed by atoms with E-state index in [4.69, 9.17) is 14.2 Å². The highest BCUT2D eigenvalue weighted by atomic mass is 32.2. The molecule has 378 valence electrons. The minimum Gasteiger partial charge on any atom is -0.748 e. The second kappa shape index (κ2) is 28.5. The maximum absolute atomic E-state index is 14.6. The van der Waals surface area contributed by atoms with Crippen molar-refractivity contribution in [1.29, 1.82) is 0 Å². The molecule has 0 fully saturated rings. The summed E-state index contributed by atoms with van der Waals surface area (Å²) in [4.78, 5) is 70.2. The van der Waals surface area contributed by atoms with Crippen LogP contribution in [0, 0.1) is 16.2 Å². The lowest BCUT2D eigenvalue weighted by molar-refractivity contribution is -0.180. The second-order valence-corrected chi connectivity index (χ2v) is 21.1. The van der Waals surface area contributed by atoms with Gasteiger partial charge in [0.25, 0.3) is 0 Å². The maximum atomic E-state index is 14.6. The van der Waals surface area contributed by atoms with Crippen molar-refractivity contribution in [3.63, 3.8) is 0 Å². The predicted molar refractivity (Wildman–Crippen MR) is 223 cm³/mol. The van der Waals surface area contributed by atoms with Crippen LogP contribution in [0.25, 0.3) is 0 Å². The molecule has 0 spiro atoms. The van der Waals surface area contributed by atoms with Gasteiger partial charge in [-0.25, -0.2) is 34.4 Å². The number of hydrogen-bond donors (Lipinski definition) is 0. The largest absolute Gasteiger partial charge is 0.748 e. The molecule has 25 heteroatoms. The third-order valence-electron chi connectivity index (χ3n) is 9.58. The molecule has 4 atom stereocenters. The van der Waals surface area contributed by atoms with Gasteiger partial charge in [0, 0.05) is 0 Å². The molecule has 0 heterocycles. The third kappa shape index (κ3) is 29.8. The molecular weight excluding hydrogens is 920 g/mol. The van der Waals surface area contributed by atoms with Crippen LogP contribution in [0.2, 0.25) is 0 Å². The topological polar surface area (TPSA) is 329 Å². The van der Waals surface area contributed by atoms with Gasteiger partial charge in [0.05, 0.1) is 76.7 Å². The maximum Gasteiger partial charge on any atom is 0.347 e. The van der Waals surface area contributed by atoms with E-state index < -0.39 is 143 Å². The van der Waals surface area contributed by atoms with Gasteiger partial charge in [-0.05, 0) is 87.5 Å². The van der Waals surface area contributed by atoms with Crippen LogP contribution in [-0.2, 0) is 87.5 Å². The number of carbonyl (C=O) groups excluding carboxylic acids is 6. The van der Waals surface area contributed by atoms with Gasteiger partial charge in [-0.2, -0.15) is 0 Å². The summed E-state index contributed by atoms with van der Waals surface area (Å²) < 4.78 is 137. The fourth-order valence-corrected chi connectivity index (χ4v) is 4.69. The zero-order valence-corrected chi connectivity index (χ0v) is 41.5. The van der Waals surface area contributed by atoms with Gasteiger partial charge in [-0.3, -0.25) is 24.0 Å². The van der Waals surface area contributed by atoms with Crippen molar-refractivity contribution in [3.8, 4) is 0 Å². The lowest BCUT2D eigenvalue weighted by Gasteiger charge is -2.30. The molecule has 0 aromatic heterocycles. The fourth-order valence-electron chi connectivity index (χ4n) is 3.83. The molecule has 0 aliphatic carbocycles. The van der Waals surface area contributed by atoms with Crippen LogP contribution in [0.5, 0.6) is 0 Å². The van der Waals surface area contributed by atoms with Gasteiger partial charge in [0.1, 0.15) is 38.1 Å². The van der Waals surface area contributed by atoms with E-state index in [9.17, 15) is 72.1 Å². The predicted octanol–water partition coefficient (Wildman–Crippen LogP) is 3.62. The Hall–Kier alpha value is -3.52. The molecule has 0 rings (SSSR count). The first-order chi connectivity index (χ1) is 28.8. The molecule has 64 heavy (non-hydrogen) atoms. The number of alkyl halides is 1. The molecule has 0 aromatic rings. The average molecular weight is 988 g/mol. The molecule has 0 aromatic carbocycles. The highest BCUT2D eigenvalue weighted by molar-refractivity contribution is 7.86. The molecule has 0 radical (unpaired) electrons. The van der Waals surface area contributed by atoms with Crippen molar-refractivity contribution < 1.29 is 100 Å². The first-order valence-electron chi connectivity index (χ1n) is 20.4. The summed E-state index contributed by atoms with van der Waals surface area (Å²) in [6.45, 7) is 19.7. The normalized spacial score (nSPS) is 14.6. The number of rotatable bonds is 26. The number of ether oxygens (including phenoxy) is 6. The lowest BCUT2D eigenvalue weighted by Crippen LogP contribution is -2.47. The Labute approximate surface area is 377 Å². The molecule has 0 amide bonds. The summed E-state index contributed by atoms with van der Waals surface area (Å²) in [6.07, 6.45) is -0.906. The number of hydrogen-bond acceptors (Lipinski definition) is 21. The Morgan fingerprint density at radius 3 is 1.16 bits per heavy atom. The minimum absolute atomic E-state index is 0.0213. The molecule has 0 saturated carbocycles. The van der Waals surface area contributed by atoms with Crippen molar-refractivity contribution in [2.45, 2.75) is 159 Å². The second-order valence-electron chi connectivity index (χ2n) is 16.5. The Morgan fingerprint density at radius 1 is 0.500 bits per heavy atom. The molecule has 4 unspecified atom stereocenters. The molecular formula is C39H68FO21S3-3. The quantitative estimate of drug-likeness (QED) is 0.0678. The van der Waals surface area contributed by atoms with Crippen LogP contribution in [0.3, 0.4) is 0 Å². The Morgan fingerprint density at radius 2 is 0.828 bits per heavy atom. The highest BCUT2D eigenvalue weighted by Crippen LogP contribution is 2.29. The summed E-state index contributed by atoms with van der Waals surface area (Å²) in [5.74, 6) is -6.74. The SMILES string of the molecule is CCC(C)(C)C(=O)OC(C)CC(=O)OCCS(=O)(=O)[O-].CCC(CC(=O)OCCS(=O)(=O)[O-])OC(=O)C(C)(C)CC.CCC(OC(=O)C(C)(C)CC)C(C)(F)C(=O)OCCS(=O)(=O)[O-]. The zero-order chi connectivity index (χ0) is 51.1. The molecule has 0 aliphatic rings. The van der Waals surface area contributed by atoms with Gasteiger partial charge >= 0.3 is 35.8 Å². The Balaban J connectivity index is -0.000000874. The third-order valence-corrected chi connectivity index (χ3v) is 11.6. The Kier molecular flexibility index (Phi) is 28.8. The van der Waals surface area contributed by atoms with E-state index in [-0.39, 0.29) is 19.3 Å². The smallest absolute Gasteiger partial charge is 0.347 e. The fraction of sp³-hybridized carbons (Fsp3) is 0.846. The van der Waals surface area contributed by atoms with Gasteiger partial charge in [-0.15, -0.1) is 0 Å². The van der Waals surface area contributed by atoms with E-state index in [1.54, 1.807) is 55.4 Å². The summed E-state index contributed by atoms with van der Waals surface area (Å²) in [7, 11) is -13.4. The first-order valence-corrected chi connectivity index (χ1v) is 25.1. The van der Waals surface area contributed by atoms with Gasteiger partial charge in [0.15, 0.2) is 0 Å². The van der Waals surface area contributed by atoms with Crippen LogP contribution < -0.4 is 0 Å². The number of carbonyl (C=O) groups is 6. The van der Waals surface area contributed by atoms with E-state index in [0.717, 1.165) is 6.92 Å². The highest BCUT2D eigenvalue weighted by Gasteiger charge is 2.46. The molecule has 0 saturated heterocycles. The minimum atomic E-state index is -4.57. The van der Waals surface area contributed by atoms with Crippen LogP contribution in [0.1, 0.15) is 135 Å². The molecule has 0 N–H and O–H groups in total. The standard InChI is InChI=1S/C14H25FO7S.C13H24O7S.C12H22O7S/c1-6-10(22-11(16)13(3,4)7-2)14(5,15)12(17)21-8-9-23(18,19)20;1-5-10(20-12(15)13(3,4)6-2)9-11(14)19-7-8-21(16,17)18;1-5-12(3,4)11(14)19-9(2)8-10(13)18-6-7-20(15,16)17/h10H,6-9H2,1-5H3,(H,18,19,20);10H,5-9H2,1-4H3,(H,16,17,18);9H,5-8H2,1-4H3,(H,15,16,17)/p-3. The molecule has 21 nitrogen and oxygen atoms in total. The van der Waals surface area contributed by atoms with Crippen LogP contribution in [0.4, 0.5) is 4.39 Å². The van der Waals surface area contributed by atoms with E-state index in [1.807, 2.05) is 13.8 Å².